The van der Waals surface area contributed by atoms with Crippen LogP contribution in [0, 0.1) is 11.7 Å². The first-order chi connectivity index (χ1) is 15.1. The molecule has 5 amide bonds. The molecule has 1 atom stereocenters. The number of amides is 5. The number of imide groups is 1. The first kappa shape index (κ1) is 23.2. The zero-order valence-corrected chi connectivity index (χ0v) is 17.9. The Balaban J connectivity index is 1.44. The van der Waals surface area contributed by atoms with Crippen LogP contribution in [0.5, 0.6) is 0 Å². The number of piperidine rings is 1. The van der Waals surface area contributed by atoms with Gasteiger partial charge in [-0.05, 0) is 50.5 Å². The summed E-state index contributed by atoms with van der Waals surface area (Å²) in [6.07, 6.45) is 1.06. The number of carbonyl (C=O) groups excluding carboxylic acids is 5. The van der Waals surface area contributed by atoms with Crippen LogP contribution >= 0.6 is 0 Å². The highest BCUT2D eigenvalue weighted by molar-refractivity contribution is 6.07. The minimum absolute atomic E-state index is 0.246. The Morgan fingerprint density at radius 2 is 1.81 bits per heavy atom. The Hall–Kier alpha value is -3.50. The minimum Gasteiger partial charge on any atom is -0.455 e. The van der Waals surface area contributed by atoms with E-state index >= 15 is 0 Å². The highest BCUT2D eigenvalue weighted by atomic mass is 19.1. The van der Waals surface area contributed by atoms with Gasteiger partial charge in [0.15, 0.2) is 6.61 Å². The third kappa shape index (κ3) is 4.87. The molecule has 0 aromatic heterocycles. The maximum absolute atomic E-state index is 13.0. The van der Waals surface area contributed by atoms with Crippen LogP contribution in [0.25, 0.3) is 0 Å². The number of ether oxygens (including phenoxy) is 1. The smallest absolute Gasteiger partial charge is 0.344 e. The van der Waals surface area contributed by atoms with E-state index in [0.717, 1.165) is 0 Å². The monoisotopic (exact) mass is 448 g/mol. The van der Waals surface area contributed by atoms with Gasteiger partial charge in [0.05, 0.1) is 5.92 Å². The van der Waals surface area contributed by atoms with E-state index in [9.17, 15) is 28.4 Å². The van der Waals surface area contributed by atoms with E-state index in [1.807, 2.05) is 0 Å². The molecule has 0 saturated carbocycles. The second kappa shape index (κ2) is 9.33. The van der Waals surface area contributed by atoms with Gasteiger partial charge < -0.3 is 15.0 Å². The van der Waals surface area contributed by atoms with E-state index in [2.05, 4.69) is 10.7 Å². The van der Waals surface area contributed by atoms with Crippen molar-refractivity contribution < 1.29 is 33.1 Å². The molecule has 32 heavy (non-hydrogen) atoms. The van der Waals surface area contributed by atoms with E-state index in [-0.39, 0.29) is 5.91 Å². The van der Waals surface area contributed by atoms with Crippen LogP contribution in [0.2, 0.25) is 0 Å². The molecule has 10 nitrogen and oxygen atoms in total. The number of hydrogen-bond acceptors (Lipinski definition) is 6. The minimum atomic E-state index is -1.10. The van der Waals surface area contributed by atoms with E-state index < -0.39 is 47.7 Å². The number of rotatable bonds is 6. The van der Waals surface area contributed by atoms with Gasteiger partial charge in [-0.15, -0.1) is 0 Å². The Morgan fingerprint density at radius 3 is 2.38 bits per heavy atom. The summed E-state index contributed by atoms with van der Waals surface area (Å²) < 4.78 is 18.1. The molecule has 0 spiro atoms. The molecule has 3 rings (SSSR count). The molecule has 172 valence electrons. The van der Waals surface area contributed by atoms with Gasteiger partial charge in [0.25, 0.3) is 17.7 Å². The zero-order valence-electron chi connectivity index (χ0n) is 17.9. The van der Waals surface area contributed by atoms with E-state index in [1.165, 1.54) is 24.3 Å². The maximum Gasteiger partial charge on any atom is 0.344 e. The van der Waals surface area contributed by atoms with Crippen molar-refractivity contribution in [2.75, 3.05) is 19.7 Å². The number of nitrogens with one attached hydrogen (secondary N) is 2. The van der Waals surface area contributed by atoms with Crippen LogP contribution in [0.4, 0.5) is 9.18 Å². The molecule has 0 unspecified atom stereocenters. The molecular formula is C21H25FN4O6. The molecule has 2 fully saturated rings. The van der Waals surface area contributed by atoms with Crippen LogP contribution in [-0.2, 0) is 19.1 Å². The van der Waals surface area contributed by atoms with Crippen LogP contribution in [0.3, 0.4) is 0 Å². The topological polar surface area (TPSA) is 125 Å². The summed E-state index contributed by atoms with van der Waals surface area (Å²) in [4.78, 5) is 62.6. The lowest BCUT2D eigenvalue weighted by Gasteiger charge is -2.31. The normalized spacial score (nSPS) is 21.3. The average Bonchev–Trinajstić information content (AvgIpc) is 3.01. The quantitative estimate of drug-likeness (QED) is 0.494. The Labute approximate surface area is 184 Å². The molecule has 0 bridgehead atoms. The van der Waals surface area contributed by atoms with Crippen molar-refractivity contribution in [1.82, 2.24) is 20.7 Å². The van der Waals surface area contributed by atoms with Crippen molar-refractivity contribution in [3.63, 3.8) is 0 Å². The van der Waals surface area contributed by atoms with Crippen LogP contribution < -0.4 is 10.7 Å². The fourth-order valence-corrected chi connectivity index (χ4v) is 3.53. The Kier molecular flexibility index (Phi) is 6.75. The second-order valence-electron chi connectivity index (χ2n) is 7.97. The summed E-state index contributed by atoms with van der Waals surface area (Å²) in [5, 5.41) is 3.08. The molecule has 2 N–H and O–H groups in total. The van der Waals surface area contributed by atoms with Crippen LogP contribution in [-0.4, -0.2) is 64.9 Å². The van der Waals surface area contributed by atoms with E-state index in [1.54, 1.807) is 18.7 Å². The number of esters is 1. The molecule has 2 saturated heterocycles. The first-order valence-corrected chi connectivity index (χ1v) is 10.3. The summed E-state index contributed by atoms with van der Waals surface area (Å²) in [7, 11) is 0. The van der Waals surface area contributed by atoms with Crippen molar-refractivity contribution in [3.05, 3.63) is 35.6 Å². The van der Waals surface area contributed by atoms with Crippen molar-refractivity contribution >= 4 is 29.7 Å². The average molecular weight is 448 g/mol. The van der Waals surface area contributed by atoms with E-state index in [0.29, 0.717) is 42.9 Å². The number of nitrogens with zero attached hydrogens (tertiary/aromatic N) is 2. The first-order valence-electron chi connectivity index (χ1n) is 10.3. The molecule has 1 aromatic carbocycles. The third-order valence-electron chi connectivity index (χ3n) is 5.76. The third-order valence-corrected chi connectivity index (χ3v) is 5.76. The Morgan fingerprint density at radius 1 is 1.19 bits per heavy atom. The fourth-order valence-electron chi connectivity index (χ4n) is 3.53. The summed E-state index contributed by atoms with van der Waals surface area (Å²) in [6.45, 7) is 3.27. The number of urea groups is 1. The number of likely N-dealkylation sites (tertiary alicyclic amines) is 1. The number of hydrazine groups is 1. The fraction of sp³-hybridized carbons (Fsp3) is 0.476. The number of carbonyl (C=O) groups is 5. The van der Waals surface area contributed by atoms with Gasteiger partial charge in [0.1, 0.15) is 11.4 Å². The predicted octanol–water partition coefficient (Wildman–Crippen LogP) is 0.973. The van der Waals surface area contributed by atoms with Crippen molar-refractivity contribution in [1.29, 1.82) is 0 Å². The summed E-state index contributed by atoms with van der Waals surface area (Å²) >= 11 is 0. The lowest BCUT2D eigenvalue weighted by molar-refractivity contribution is -0.155. The maximum atomic E-state index is 13.0. The predicted molar refractivity (Wildman–Crippen MR) is 108 cm³/mol. The molecule has 2 aliphatic rings. The summed E-state index contributed by atoms with van der Waals surface area (Å²) in [5.41, 5.74) is 1.41. The lowest BCUT2D eigenvalue weighted by Crippen LogP contribution is -2.49. The second-order valence-corrected chi connectivity index (χ2v) is 7.97. The van der Waals surface area contributed by atoms with E-state index in [4.69, 9.17) is 4.74 Å². The van der Waals surface area contributed by atoms with Crippen molar-refractivity contribution in [3.8, 4) is 0 Å². The zero-order chi connectivity index (χ0) is 23.5. The number of halogens is 1. The number of benzene rings is 1. The largest absolute Gasteiger partial charge is 0.455 e. The van der Waals surface area contributed by atoms with Crippen molar-refractivity contribution in [2.45, 2.75) is 38.6 Å². The molecule has 0 aliphatic carbocycles. The Bertz CT molecular complexity index is 929. The lowest BCUT2D eigenvalue weighted by atomic mass is 9.96. The highest BCUT2D eigenvalue weighted by Crippen LogP contribution is 2.21. The molecular weight excluding hydrogens is 423 g/mol. The van der Waals surface area contributed by atoms with Gasteiger partial charge >= 0.3 is 12.0 Å². The number of hydrogen-bond donors (Lipinski definition) is 2. The molecule has 2 heterocycles. The summed E-state index contributed by atoms with van der Waals surface area (Å²) in [5.74, 6) is -3.16. The highest BCUT2D eigenvalue weighted by Gasteiger charge is 2.47. The van der Waals surface area contributed by atoms with Gasteiger partial charge in [-0.1, -0.05) is 6.92 Å². The van der Waals surface area contributed by atoms with Crippen LogP contribution in [0.15, 0.2) is 24.3 Å². The van der Waals surface area contributed by atoms with Gasteiger partial charge in [-0.3, -0.25) is 24.6 Å². The molecule has 0 radical (unpaired) electrons. The van der Waals surface area contributed by atoms with Gasteiger partial charge in [0.2, 0.25) is 0 Å². The standard InChI is InChI=1S/C21H25FN4O6/c1-3-21(2)19(30)26(20(31)23-21)24-16(27)12-32-18(29)14-8-10-25(11-9-14)17(28)13-4-6-15(22)7-5-13/h4-7,14H,3,8-12H2,1-2H3,(H,23,31)(H,24,27)/t21-/m1/s1. The summed E-state index contributed by atoms with van der Waals surface area (Å²) in [6, 6.07) is 4.49. The van der Waals surface area contributed by atoms with Crippen LogP contribution in [0.1, 0.15) is 43.5 Å². The van der Waals surface area contributed by atoms with Crippen molar-refractivity contribution in [2.24, 2.45) is 5.92 Å². The molecule has 2 aliphatic heterocycles. The molecule has 1 aromatic rings. The van der Waals surface area contributed by atoms with Gasteiger partial charge in [0, 0.05) is 18.7 Å². The molecule has 11 heteroatoms. The van der Waals surface area contributed by atoms with Gasteiger partial charge in [-0.2, -0.15) is 5.01 Å². The van der Waals surface area contributed by atoms with Gasteiger partial charge in [-0.25, -0.2) is 9.18 Å². The SMILES string of the molecule is CC[C@@]1(C)NC(=O)N(NC(=O)COC(=O)C2CCN(C(=O)c3ccc(F)cc3)CC2)C1=O.